The van der Waals surface area contributed by atoms with Gasteiger partial charge in [-0.2, -0.15) is 5.26 Å². The Balaban J connectivity index is 1.87. The second kappa shape index (κ2) is 9.97. The van der Waals surface area contributed by atoms with E-state index in [2.05, 4.69) is 11.1 Å². The summed E-state index contributed by atoms with van der Waals surface area (Å²) in [6.07, 6.45) is 1.50. The van der Waals surface area contributed by atoms with Crippen LogP contribution in [0.5, 0.6) is 17.4 Å². The molecule has 4 rings (SSSR count). The molecule has 0 radical (unpaired) electrons. The number of ether oxygens (including phenoxy) is 3. The molecular formula is C27H25ClN2O3. The fourth-order valence-corrected chi connectivity index (χ4v) is 4.43. The number of benzene rings is 2. The minimum Gasteiger partial charge on any atom is -0.497 e. The first kappa shape index (κ1) is 22.7. The number of aryl methyl sites for hydroxylation is 1. The van der Waals surface area contributed by atoms with Crippen LogP contribution in [0.4, 0.5) is 0 Å². The molecule has 0 fully saturated rings. The molecule has 2 aromatic carbocycles. The SMILES string of the molecule is CCOc1ccc(-c2cc(C3=C(Cl)c4ccc(OC)cc4CC3)c(C#N)c(OCC)n2)cc1. The van der Waals surface area contributed by atoms with E-state index < -0.39 is 0 Å². The molecule has 0 atom stereocenters. The zero-order valence-electron chi connectivity index (χ0n) is 18.9. The number of nitriles is 1. The highest BCUT2D eigenvalue weighted by Crippen LogP contribution is 2.43. The van der Waals surface area contributed by atoms with Gasteiger partial charge in [-0.25, -0.2) is 4.98 Å². The molecule has 1 heterocycles. The van der Waals surface area contributed by atoms with Gasteiger partial charge in [0.1, 0.15) is 23.1 Å². The number of methoxy groups -OCH3 is 1. The molecule has 0 spiro atoms. The van der Waals surface area contributed by atoms with Crippen LogP contribution in [0.25, 0.3) is 21.9 Å². The van der Waals surface area contributed by atoms with E-state index in [1.165, 1.54) is 0 Å². The molecule has 0 aliphatic heterocycles. The van der Waals surface area contributed by atoms with Crippen LogP contribution in [0.2, 0.25) is 0 Å². The van der Waals surface area contributed by atoms with Gasteiger partial charge in [0.25, 0.3) is 0 Å². The second-order valence-corrected chi connectivity index (χ2v) is 7.93. The lowest BCUT2D eigenvalue weighted by Crippen LogP contribution is -2.07. The lowest BCUT2D eigenvalue weighted by atomic mass is 9.86. The summed E-state index contributed by atoms with van der Waals surface area (Å²) in [6, 6.07) is 17.9. The third-order valence-electron chi connectivity index (χ3n) is 5.62. The second-order valence-electron chi connectivity index (χ2n) is 7.55. The number of hydrogen-bond acceptors (Lipinski definition) is 5. The van der Waals surface area contributed by atoms with Gasteiger partial charge in [0, 0.05) is 11.1 Å². The minimum absolute atomic E-state index is 0.318. The molecule has 6 heteroatoms. The first-order valence-electron chi connectivity index (χ1n) is 11.0. The molecule has 1 aromatic heterocycles. The van der Waals surface area contributed by atoms with Crippen LogP contribution in [0.3, 0.4) is 0 Å². The molecule has 0 saturated carbocycles. The first-order chi connectivity index (χ1) is 16.1. The topological polar surface area (TPSA) is 64.4 Å². The standard InChI is InChI=1S/C27H25ClN2O3/c1-4-32-19-9-6-17(7-10-19)25-15-23(24(16-29)27(30-25)33-5-2)22-12-8-18-14-20(31-3)11-13-21(18)26(22)28/h6-7,9-11,13-15H,4-5,8,12H2,1-3H3. The van der Waals surface area contributed by atoms with Gasteiger partial charge in [-0.15, -0.1) is 0 Å². The molecule has 168 valence electrons. The van der Waals surface area contributed by atoms with Crippen LogP contribution in [0, 0.1) is 11.3 Å². The molecule has 0 bridgehead atoms. The van der Waals surface area contributed by atoms with Crippen molar-refractivity contribution in [3.05, 3.63) is 70.8 Å². The lowest BCUT2D eigenvalue weighted by molar-refractivity contribution is 0.326. The van der Waals surface area contributed by atoms with Crippen molar-refractivity contribution >= 4 is 22.2 Å². The molecule has 33 heavy (non-hydrogen) atoms. The lowest BCUT2D eigenvalue weighted by Gasteiger charge is -2.22. The monoisotopic (exact) mass is 460 g/mol. The van der Waals surface area contributed by atoms with Gasteiger partial charge >= 0.3 is 0 Å². The van der Waals surface area contributed by atoms with Crippen LogP contribution in [0.15, 0.2) is 48.5 Å². The van der Waals surface area contributed by atoms with Crippen molar-refractivity contribution in [1.82, 2.24) is 4.98 Å². The van der Waals surface area contributed by atoms with Crippen LogP contribution in [-0.2, 0) is 6.42 Å². The molecule has 0 N–H and O–H groups in total. The van der Waals surface area contributed by atoms with Crippen LogP contribution >= 0.6 is 11.6 Å². The van der Waals surface area contributed by atoms with Gasteiger partial charge in [-0.1, -0.05) is 11.6 Å². The Bertz CT molecular complexity index is 1240. The summed E-state index contributed by atoms with van der Waals surface area (Å²) in [5, 5.41) is 10.6. The van der Waals surface area contributed by atoms with Gasteiger partial charge < -0.3 is 14.2 Å². The number of aromatic nitrogens is 1. The summed E-state index contributed by atoms with van der Waals surface area (Å²) in [6.45, 7) is 4.84. The van der Waals surface area contributed by atoms with E-state index in [0.717, 1.165) is 45.7 Å². The molecule has 0 saturated heterocycles. The molecule has 0 amide bonds. The van der Waals surface area contributed by atoms with E-state index in [9.17, 15) is 5.26 Å². The Morgan fingerprint density at radius 3 is 2.33 bits per heavy atom. The number of allylic oxidation sites excluding steroid dienone is 1. The highest BCUT2D eigenvalue weighted by atomic mass is 35.5. The fourth-order valence-electron chi connectivity index (χ4n) is 4.05. The van der Waals surface area contributed by atoms with Crippen molar-refractivity contribution in [2.45, 2.75) is 26.7 Å². The maximum atomic E-state index is 9.99. The Labute approximate surface area is 199 Å². The Morgan fingerprint density at radius 1 is 0.939 bits per heavy atom. The van der Waals surface area contributed by atoms with E-state index in [4.69, 9.17) is 25.8 Å². The van der Waals surface area contributed by atoms with Crippen LogP contribution < -0.4 is 14.2 Å². The average Bonchev–Trinajstić information content (AvgIpc) is 2.84. The minimum atomic E-state index is 0.318. The summed E-state index contributed by atoms with van der Waals surface area (Å²) in [5.41, 5.74) is 5.78. The Hall–Kier alpha value is -3.49. The van der Waals surface area contributed by atoms with Gasteiger partial charge in [0.15, 0.2) is 0 Å². The number of rotatable bonds is 7. The summed E-state index contributed by atoms with van der Waals surface area (Å²) in [7, 11) is 1.65. The van der Waals surface area contributed by atoms with Gasteiger partial charge in [-0.05, 0) is 91.9 Å². The molecular weight excluding hydrogens is 436 g/mol. The van der Waals surface area contributed by atoms with Crippen molar-refractivity contribution in [3.63, 3.8) is 0 Å². The van der Waals surface area contributed by atoms with Crippen molar-refractivity contribution in [2.24, 2.45) is 0 Å². The summed E-state index contributed by atoms with van der Waals surface area (Å²) in [5.74, 6) is 1.92. The van der Waals surface area contributed by atoms with Crippen molar-refractivity contribution in [2.75, 3.05) is 20.3 Å². The van der Waals surface area contributed by atoms with E-state index in [1.807, 2.05) is 62.4 Å². The fraction of sp³-hybridized carbons (Fsp3) is 0.259. The van der Waals surface area contributed by atoms with Gasteiger partial charge in [0.2, 0.25) is 5.88 Å². The van der Waals surface area contributed by atoms with Crippen LogP contribution in [-0.4, -0.2) is 25.3 Å². The van der Waals surface area contributed by atoms with Gasteiger partial charge in [-0.3, -0.25) is 0 Å². The largest absolute Gasteiger partial charge is 0.497 e. The highest BCUT2D eigenvalue weighted by Gasteiger charge is 2.24. The summed E-state index contributed by atoms with van der Waals surface area (Å²) >= 11 is 6.91. The average molecular weight is 461 g/mol. The Morgan fingerprint density at radius 2 is 1.67 bits per heavy atom. The maximum Gasteiger partial charge on any atom is 0.232 e. The number of hydrogen-bond donors (Lipinski definition) is 0. The maximum absolute atomic E-state index is 9.99. The number of fused-ring (bicyclic) bond motifs is 1. The smallest absolute Gasteiger partial charge is 0.232 e. The molecule has 0 unspecified atom stereocenters. The number of pyridine rings is 1. The quantitative estimate of drug-likeness (QED) is 0.403. The Kier molecular flexibility index (Phi) is 6.86. The summed E-state index contributed by atoms with van der Waals surface area (Å²) in [4.78, 5) is 4.66. The third-order valence-corrected chi connectivity index (χ3v) is 6.06. The summed E-state index contributed by atoms with van der Waals surface area (Å²) < 4.78 is 16.7. The molecule has 5 nitrogen and oxygen atoms in total. The molecule has 3 aromatic rings. The zero-order chi connectivity index (χ0) is 23.4. The van der Waals surface area contributed by atoms with E-state index in [-0.39, 0.29) is 0 Å². The molecule has 1 aliphatic carbocycles. The predicted molar refractivity (Wildman–Crippen MR) is 131 cm³/mol. The number of nitrogens with zero attached hydrogens (tertiary/aromatic N) is 2. The van der Waals surface area contributed by atoms with Crippen molar-refractivity contribution in [3.8, 4) is 34.7 Å². The van der Waals surface area contributed by atoms with E-state index in [1.54, 1.807) is 7.11 Å². The van der Waals surface area contributed by atoms with E-state index in [0.29, 0.717) is 41.8 Å². The predicted octanol–water partition coefficient (Wildman–Crippen LogP) is 6.48. The van der Waals surface area contributed by atoms with Crippen LogP contribution in [0.1, 0.15) is 42.5 Å². The third kappa shape index (κ3) is 4.53. The first-order valence-corrected chi connectivity index (χ1v) is 11.3. The normalized spacial score (nSPS) is 12.7. The van der Waals surface area contributed by atoms with Crippen molar-refractivity contribution < 1.29 is 14.2 Å². The van der Waals surface area contributed by atoms with Crippen molar-refractivity contribution in [1.29, 1.82) is 5.26 Å². The zero-order valence-corrected chi connectivity index (χ0v) is 19.7. The highest BCUT2D eigenvalue weighted by molar-refractivity contribution is 6.53. The molecule has 1 aliphatic rings. The van der Waals surface area contributed by atoms with E-state index >= 15 is 0 Å². The number of halogens is 1. The van der Waals surface area contributed by atoms with Gasteiger partial charge in [0.05, 0.1) is 31.0 Å².